The maximum absolute atomic E-state index is 12.4. The van der Waals surface area contributed by atoms with Crippen molar-refractivity contribution in [3.05, 3.63) is 12.7 Å². The van der Waals surface area contributed by atoms with E-state index < -0.39 is 17.7 Å². The molecular weight excluding hydrogens is 282 g/mol. The Morgan fingerprint density at radius 1 is 1.32 bits per heavy atom. The predicted molar refractivity (Wildman–Crippen MR) is 83.1 cm³/mol. The summed E-state index contributed by atoms with van der Waals surface area (Å²) in [5, 5.41) is 5.29. The average Bonchev–Trinajstić information content (AvgIpc) is 3.21. The topological polar surface area (TPSA) is 78.5 Å². The van der Waals surface area contributed by atoms with Crippen LogP contribution in [0.25, 0.3) is 0 Å². The molecule has 2 rings (SSSR count). The lowest BCUT2D eigenvalue weighted by atomic mass is 10.0. The number of amides is 2. The third-order valence-corrected chi connectivity index (χ3v) is 4.35. The lowest BCUT2D eigenvalue weighted by Gasteiger charge is -2.23. The number of likely N-dealkylation sites (N-methyl/N-ethyl adjacent to an activating group) is 1. The van der Waals surface area contributed by atoms with Crippen LogP contribution in [0.4, 0.5) is 0 Å². The van der Waals surface area contributed by atoms with Crippen LogP contribution < -0.4 is 10.6 Å². The van der Waals surface area contributed by atoms with Gasteiger partial charge in [-0.25, -0.2) is 0 Å². The van der Waals surface area contributed by atoms with Gasteiger partial charge in [0.2, 0.25) is 11.7 Å². The fourth-order valence-corrected chi connectivity index (χ4v) is 2.84. The molecule has 2 unspecified atom stereocenters. The van der Waals surface area contributed by atoms with E-state index in [2.05, 4.69) is 17.2 Å². The summed E-state index contributed by atoms with van der Waals surface area (Å²) in [6.45, 7) is 4.64. The van der Waals surface area contributed by atoms with Gasteiger partial charge in [0.05, 0.1) is 12.1 Å². The number of ketones is 1. The van der Waals surface area contributed by atoms with Gasteiger partial charge < -0.3 is 10.6 Å². The van der Waals surface area contributed by atoms with E-state index in [9.17, 15) is 14.4 Å². The van der Waals surface area contributed by atoms with Gasteiger partial charge >= 0.3 is 0 Å². The second-order valence-corrected chi connectivity index (χ2v) is 6.24. The lowest BCUT2D eigenvalue weighted by Crippen LogP contribution is -2.52. The standard InChI is InChI=1S/C16H25N3O3/c1-3-8-17-16(22)14(20)12(10-11-6-7-11)18-15(21)13-5-4-9-19(13)2/h3,11-13H,1,4-10H2,2H3,(H,17,22)(H,18,21). The number of carbonyl (C=O) groups excluding carboxylic acids is 3. The number of hydrogen-bond acceptors (Lipinski definition) is 4. The van der Waals surface area contributed by atoms with Gasteiger partial charge in [-0.05, 0) is 38.8 Å². The number of hydrogen-bond donors (Lipinski definition) is 2. The fraction of sp³-hybridized carbons (Fsp3) is 0.688. The Hall–Kier alpha value is -1.69. The average molecular weight is 307 g/mol. The van der Waals surface area contributed by atoms with Crippen LogP contribution in [0.15, 0.2) is 12.7 Å². The van der Waals surface area contributed by atoms with Crippen molar-refractivity contribution in [3.63, 3.8) is 0 Å². The van der Waals surface area contributed by atoms with Crippen molar-refractivity contribution in [3.8, 4) is 0 Å². The van der Waals surface area contributed by atoms with E-state index in [1.165, 1.54) is 6.08 Å². The molecule has 0 radical (unpaired) electrons. The molecule has 1 heterocycles. The Kier molecular flexibility index (Phi) is 5.71. The Bertz CT molecular complexity index is 460. The van der Waals surface area contributed by atoms with Gasteiger partial charge in [-0.3, -0.25) is 19.3 Å². The third-order valence-electron chi connectivity index (χ3n) is 4.35. The molecule has 1 aliphatic carbocycles. The minimum absolute atomic E-state index is 0.143. The molecule has 1 saturated heterocycles. The van der Waals surface area contributed by atoms with E-state index >= 15 is 0 Å². The number of carbonyl (C=O) groups is 3. The number of likely N-dealkylation sites (tertiary alicyclic amines) is 1. The number of rotatable bonds is 8. The SMILES string of the molecule is C=CCNC(=O)C(=O)C(CC1CC1)NC(=O)C1CCCN1C. The molecule has 2 N–H and O–H groups in total. The highest BCUT2D eigenvalue weighted by atomic mass is 16.2. The van der Waals surface area contributed by atoms with Crippen LogP contribution in [0.3, 0.4) is 0 Å². The summed E-state index contributed by atoms with van der Waals surface area (Å²) in [7, 11) is 1.91. The van der Waals surface area contributed by atoms with E-state index in [-0.39, 0.29) is 18.5 Å². The zero-order valence-electron chi connectivity index (χ0n) is 13.1. The van der Waals surface area contributed by atoms with Crippen LogP contribution in [-0.2, 0) is 14.4 Å². The van der Waals surface area contributed by atoms with E-state index in [4.69, 9.17) is 0 Å². The minimum Gasteiger partial charge on any atom is -0.346 e. The number of nitrogens with zero attached hydrogens (tertiary/aromatic N) is 1. The van der Waals surface area contributed by atoms with Crippen LogP contribution in [0.1, 0.15) is 32.1 Å². The Balaban J connectivity index is 1.95. The molecule has 2 fully saturated rings. The summed E-state index contributed by atoms with van der Waals surface area (Å²) in [4.78, 5) is 38.5. The van der Waals surface area contributed by atoms with Crippen molar-refractivity contribution >= 4 is 17.6 Å². The highest BCUT2D eigenvalue weighted by Gasteiger charge is 2.36. The molecule has 6 heteroatoms. The van der Waals surface area contributed by atoms with E-state index in [0.717, 1.165) is 32.2 Å². The normalized spacial score (nSPS) is 22.9. The summed E-state index contributed by atoms with van der Waals surface area (Å²) in [6, 6.07) is -0.899. The van der Waals surface area contributed by atoms with Gasteiger partial charge in [0.1, 0.15) is 0 Å². The molecule has 2 aliphatic rings. The largest absolute Gasteiger partial charge is 0.346 e. The molecule has 22 heavy (non-hydrogen) atoms. The molecule has 2 atom stereocenters. The van der Waals surface area contributed by atoms with Crippen LogP contribution in [0, 0.1) is 5.92 Å². The fourth-order valence-electron chi connectivity index (χ4n) is 2.84. The highest BCUT2D eigenvalue weighted by Crippen LogP contribution is 2.33. The molecule has 0 spiro atoms. The third kappa shape index (κ3) is 4.40. The minimum atomic E-state index is -0.709. The van der Waals surface area contributed by atoms with E-state index in [1.54, 1.807) is 0 Å². The Labute approximate surface area is 131 Å². The predicted octanol–water partition coefficient (Wildman–Crippen LogP) is 0.237. The van der Waals surface area contributed by atoms with Crippen molar-refractivity contribution in [1.82, 2.24) is 15.5 Å². The van der Waals surface area contributed by atoms with Crippen molar-refractivity contribution in [2.24, 2.45) is 5.92 Å². The Morgan fingerprint density at radius 2 is 2.05 bits per heavy atom. The van der Waals surface area contributed by atoms with Gasteiger partial charge in [-0.15, -0.1) is 6.58 Å². The zero-order chi connectivity index (χ0) is 16.1. The summed E-state index contributed by atoms with van der Waals surface area (Å²) >= 11 is 0. The van der Waals surface area contributed by atoms with Crippen LogP contribution in [0.5, 0.6) is 0 Å². The first kappa shape index (κ1) is 16.7. The summed E-state index contributed by atoms with van der Waals surface area (Å²) < 4.78 is 0. The van der Waals surface area contributed by atoms with Crippen molar-refractivity contribution < 1.29 is 14.4 Å². The van der Waals surface area contributed by atoms with Gasteiger partial charge in [-0.2, -0.15) is 0 Å². The number of Topliss-reactive ketones (excluding diaryl/α,β-unsaturated/α-hetero) is 1. The second-order valence-electron chi connectivity index (χ2n) is 6.24. The molecule has 1 aliphatic heterocycles. The van der Waals surface area contributed by atoms with Gasteiger partial charge in [0.25, 0.3) is 5.91 Å². The summed E-state index contributed by atoms with van der Waals surface area (Å²) in [5.74, 6) is -0.897. The van der Waals surface area contributed by atoms with Gasteiger partial charge in [-0.1, -0.05) is 18.9 Å². The zero-order valence-corrected chi connectivity index (χ0v) is 13.1. The maximum atomic E-state index is 12.4. The van der Waals surface area contributed by atoms with E-state index in [1.807, 2.05) is 11.9 Å². The first-order valence-electron chi connectivity index (χ1n) is 7.96. The summed E-state index contributed by atoms with van der Waals surface area (Å²) in [5.41, 5.74) is 0. The summed E-state index contributed by atoms with van der Waals surface area (Å²) in [6.07, 6.45) is 6.00. The first-order chi connectivity index (χ1) is 10.5. The monoisotopic (exact) mass is 307 g/mol. The van der Waals surface area contributed by atoms with Crippen LogP contribution >= 0.6 is 0 Å². The Morgan fingerprint density at radius 3 is 2.59 bits per heavy atom. The molecule has 1 saturated carbocycles. The van der Waals surface area contributed by atoms with Gasteiger partial charge in [0, 0.05) is 6.54 Å². The smallest absolute Gasteiger partial charge is 0.289 e. The maximum Gasteiger partial charge on any atom is 0.289 e. The first-order valence-corrected chi connectivity index (χ1v) is 7.96. The quantitative estimate of drug-likeness (QED) is 0.497. The molecule has 0 bridgehead atoms. The molecule has 6 nitrogen and oxygen atoms in total. The van der Waals surface area contributed by atoms with Crippen molar-refractivity contribution in [1.29, 1.82) is 0 Å². The highest BCUT2D eigenvalue weighted by molar-refractivity contribution is 6.38. The van der Waals surface area contributed by atoms with Crippen LogP contribution in [0.2, 0.25) is 0 Å². The molecule has 2 amide bonds. The van der Waals surface area contributed by atoms with E-state index in [0.29, 0.717) is 12.3 Å². The van der Waals surface area contributed by atoms with Crippen LogP contribution in [-0.4, -0.2) is 54.7 Å². The molecule has 0 aromatic carbocycles. The molecular formula is C16H25N3O3. The molecule has 0 aromatic rings. The second kappa shape index (κ2) is 7.54. The lowest BCUT2D eigenvalue weighted by molar-refractivity contribution is -0.140. The molecule has 0 aromatic heterocycles. The van der Waals surface area contributed by atoms with Crippen molar-refractivity contribution in [2.75, 3.05) is 20.1 Å². The molecule has 122 valence electrons. The number of nitrogens with one attached hydrogen (secondary N) is 2. The van der Waals surface area contributed by atoms with Gasteiger partial charge in [0.15, 0.2) is 0 Å². The van der Waals surface area contributed by atoms with Crippen molar-refractivity contribution in [2.45, 2.75) is 44.2 Å².